The predicted octanol–water partition coefficient (Wildman–Crippen LogP) is 3.14. The van der Waals surface area contributed by atoms with Gasteiger partial charge in [-0.1, -0.05) is 0 Å². The molecule has 0 N–H and O–H groups in total. The highest BCUT2D eigenvalue weighted by Gasteiger charge is 2.24. The summed E-state index contributed by atoms with van der Waals surface area (Å²) in [5.41, 5.74) is -0.350. The zero-order chi connectivity index (χ0) is 10.9. The number of rotatable bonds is 2. The Hall–Kier alpha value is -0.130. The van der Waals surface area contributed by atoms with Crippen molar-refractivity contribution in [2.24, 2.45) is 0 Å². The van der Waals surface area contributed by atoms with Gasteiger partial charge in [0.05, 0.1) is 0 Å². The van der Waals surface area contributed by atoms with E-state index in [1.807, 2.05) is 0 Å². The van der Waals surface area contributed by atoms with E-state index in [-0.39, 0.29) is 12.8 Å². The van der Waals surface area contributed by atoms with Crippen LogP contribution in [0.2, 0.25) is 0 Å². The van der Waals surface area contributed by atoms with Gasteiger partial charge in [-0.3, -0.25) is 0 Å². The van der Waals surface area contributed by atoms with Crippen LogP contribution < -0.4 is 0 Å². The summed E-state index contributed by atoms with van der Waals surface area (Å²) < 4.78 is 24.9. The normalized spacial score (nSPS) is 10.6. The summed E-state index contributed by atoms with van der Waals surface area (Å²) in [5.74, 6) is -0.521. The van der Waals surface area contributed by atoms with Gasteiger partial charge in [0, 0.05) is 34.2 Å². The molecule has 0 saturated heterocycles. The van der Waals surface area contributed by atoms with E-state index in [1.54, 1.807) is 22.6 Å². The summed E-state index contributed by atoms with van der Waals surface area (Å²) in [5, 5.41) is 10.4. The molecule has 0 bridgehead atoms. The van der Waals surface area contributed by atoms with Gasteiger partial charge in [-0.25, -0.2) is 8.78 Å². The lowest BCUT2D eigenvalue weighted by atomic mass is 10.3. The SMILES string of the molecule is O=[N+]([O-])c1nc(I)cc(C(F)F)c1I. The first-order valence-corrected chi connectivity index (χ1v) is 5.37. The van der Waals surface area contributed by atoms with Crippen LogP contribution in [0.5, 0.6) is 0 Å². The number of hydrogen-bond acceptors (Lipinski definition) is 3. The number of pyridine rings is 1. The molecule has 0 fully saturated rings. The van der Waals surface area contributed by atoms with E-state index in [2.05, 4.69) is 4.98 Å². The first-order valence-electron chi connectivity index (χ1n) is 3.22. The van der Waals surface area contributed by atoms with Gasteiger partial charge in [0.15, 0.2) is 0 Å². The third-order valence-corrected chi connectivity index (χ3v) is 3.00. The Morgan fingerprint density at radius 2 is 2.07 bits per heavy atom. The quantitative estimate of drug-likeness (QED) is 0.316. The van der Waals surface area contributed by atoms with Gasteiger partial charge in [0.25, 0.3) is 6.43 Å². The van der Waals surface area contributed by atoms with Crippen LogP contribution >= 0.6 is 45.2 Å². The molecule has 8 heteroatoms. The van der Waals surface area contributed by atoms with E-state index >= 15 is 0 Å². The maximum Gasteiger partial charge on any atom is 0.378 e. The number of nitro groups is 1. The van der Waals surface area contributed by atoms with Crippen molar-refractivity contribution in [1.29, 1.82) is 0 Å². The summed E-state index contributed by atoms with van der Waals surface area (Å²) in [6.07, 6.45) is -2.72. The minimum Gasteiger partial charge on any atom is -0.358 e. The number of halogens is 4. The molecule has 4 nitrogen and oxygen atoms in total. The monoisotopic (exact) mass is 426 g/mol. The molecule has 1 heterocycles. The van der Waals surface area contributed by atoms with Gasteiger partial charge in [-0.2, -0.15) is 0 Å². The Morgan fingerprint density at radius 1 is 1.50 bits per heavy atom. The minimum absolute atomic E-state index is 0.108. The van der Waals surface area contributed by atoms with Crippen LogP contribution in [0, 0.1) is 17.4 Å². The summed E-state index contributed by atoms with van der Waals surface area (Å²) in [7, 11) is 0. The second kappa shape index (κ2) is 4.59. The number of hydrogen-bond donors (Lipinski definition) is 0. The van der Waals surface area contributed by atoms with Crippen LogP contribution in [0.25, 0.3) is 0 Å². The van der Waals surface area contributed by atoms with Gasteiger partial charge in [0.2, 0.25) is 3.70 Å². The van der Waals surface area contributed by atoms with Crippen LogP contribution in [-0.4, -0.2) is 9.91 Å². The van der Waals surface area contributed by atoms with Gasteiger partial charge < -0.3 is 10.1 Å². The maximum atomic E-state index is 12.4. The Balaban J connectivity index is 3.40. The predicted molar refractivity (Wildman–Crippen MR) is 61.3 cm³/mol. The second-order valence-corrected chi connectivity index (χ2v) is 4.41. The van der Waals surface area contributed by atoms with E-state index in [1.165, 1.54) is 22.6 Å². The van der Waals surface area contributed by atoms with E-state index < -0.39 is 17.2 Å². The largest absolute Gasteiger partial charge is 0.378 e. The standard InChI is InChI=1S/C6H2F2I2N2O2/c7-5(8)2-1-3(9)11-6(4(2)10)12(13)14/h1,5H. The average molecular weight is 426 g/mol. The van der Waals surface area contributed by atoms with Crippen LogP contribution in [0.3, 0.4) is 0 Å². The Bertz CT molecular complexity index is 386. The van der Waals surface area contributed by atoms with Crippen LogP contribution in [-0.2, 0) is 0 Å². The minimum atomic E-state index is -2.72. The number of alkyl halides is 2. The molecule has 0 amide bonds. The molecule has 0 aliphatic heterocycles. The zero-order valence-electron chi connectivity index (χ0n) is 6.38. The molecule has 0 aliphatic rings. The third-order valence-electron chi connectivity index (χ3n) is 1.35. The van der Waals surface area contributed by atoms with E-state index in [0.717, 1.165) is 6.07 Å². The maximum absolute atomic E-state index is 12.4. The van der Waals surface area contributed by atoms with Crippen molar-refractivity contribution in [3.8, 4) is 0 Å². The molecular formula is C6H2F2I2N2O2. The van der Waals surface area contributed by atoms with Crippen LogP contribution in [0.1, 0.15) is 12.0 Å². The fourth-order valence-electron chi connectivity index (χ4n) is 0.783. The topological polar surface area (TPSA) is 56.0 Å². The summed E-state index contributed by atoms with van der Waals surface area (Å²) >= 11 is 3.16. The van der Waals surface area contributed by atoms with E-state index in [0.29, 0.717) is 0 Å². The third kappa shape index (κ3) is 2.46. The number of aromatic nitrogens is 1. The van der Waals surface area contributed by atoms with Gasteiger partial charge >= 0.3 is 5.82 Å². The highest BCUT2D eigenvalue weighted by Crippen LogP contribution is 2.30. The molecule has 14 heavy (non-hydrogen) atoms. The molecule has 0 unspecified atom stereocenters. The molecule has 0 spiro atoms. The molecule has 0 aliphatic carbocycles. The second-order valence-electron chi connectivity index (χ2n) is 2.23. The Labute approximate surface area is 105 Å². The molecule has 0 atom stereocenters. The van der Waals surface area contributed by atoms with E-state index in [4.69, 9.17) is 0 Å². The average Bonchev–Trinajstić information content (AvgIpc) is 2.07. The van der Waals surface area contributed by atoms with Crippen molar-refractivity contribution < 1.29 is 13.7 Å². The summed E-state index contributed by atoms with van der Waals surface area (Å²) in [6, 6.07) is 1.14. The smallest absolute Gasteiger partial charge is 0.358 e. The molecule has 76 valence electrons. The fourth-order valence-corrected chi connectivity index (χ4v) is 2.06. The first-order chi connectivity index (χ1) is 6.43. The Morgan fingerprint density at radius 3 is 2.50 bits per heavy atom. The molecule has 0 saturated carbocycles. The molecule has 0 aromatic carbocycles. The van der Waals surface area contributed by atoms with Crippen LogP contribution in [0.4, 0.5) is 14.6 Å². The lowest BCUT2D eigenvalue weighted by Crippen LogP contribution is -2.01. The number of nitrogens with zero attached hydrogens (tertiary/aromatic N) is 2. The van der Waals surface area contributed by atoms with Crippen molar-refractivity contribution in [3.05, 3.63) is 29.0 Å². The fraction of sp³-hybridized carbons (Fsp3) is 0.167. The van der Waals surface area contributed by atoms with Crippen molar-refractivity contribution in [1.82, 2.24) is 4.98 Å². The van der Waals surface area contributed by atoms with Crippen molar-refractivity contribution in [2.75, 3.05) is 0 Å². The van der Waals surface area contributed by atoms with Gasteiger partial charge in [-0.05, 0) is 32.5 Å². The molecule has 1 aromatic rings. The van der Waals surface area contributed by atoms with Crippen molar-refractivity contribution in [3.63, 3.8) is 0 Å². The van der Waals surface area contributed by atoms with E-state index in [9.17, 15) is 18.9 Å². The summed E-state index contributed by atoms with van der Waals surface area (Å²) in [4.78, 5) is 13.2. The molecular weight excluding hydrogens is 424 g/mol. The highest BCUT2D eigenvalue weighted by molar-refractivity contribution is 14.1. The Kier molecular flexibility index (Phi) is 3.92. The highest BCUT2D eigenvalue weighted by atomic mass is 127. The zero-order valence-corrected chi connectivity index (χ0v) is 10.7. The first kappa shape index (κ1) is 11.9. The van der Waals surface area contributed by atoms with Crippen molar-refractivity contribution in [2.45, 2.75) is 6.43 Å². The lowest BCUT2D eigenvalue weighted by molar-refractivity contribution is -0.390. The lowest BCUT2D eigenvalue weighted by Gasteiger charge is -2.02. The summed E-state index contributed by atoms with van der Waals surface area (Å²) in [6.45, 7) is 0. The van der Waals surface area contributed by atoms with Crippen LogP contribution in [0.15, 0.2) is 6.07 Å². The molecule has 1 rings (SSSR count). The van der Waals surface area contributed by atoms with Gasteiger partial charge in [-0.15, -0.1) is 0 Å². The van der Waals surface area contributed by atoms with Crippen molar-refractivity contribution >= 4 is 51.0 Å². The molecule has 1 aromatic heterocycles. The molecule has 0 radical (unpaired) electrons. The van der Waals surface area contributed by atoms with Gasteiger partial charge in [0.1, 0.15) is 3.57 Å².